The molecule has 0 unspecified atom stereocenters. The Hall–Kier alpha value is -2.15. The average Bonchev–Trinajstić information content (AvgIpc) is 2.27. The maximum Gasteiger partial charge on any atom is 0.124 e. The predicted octanol–water partition coefficient (Wildman–Crippen LogP) is 2.60. The number of nitriles is 1. The second kappa shape index (κ2) is 3.78. The van der Waals surface area contributed by atoms with Gasteiger partial charge in [0, 0.05) is 18.6 Å². The van der Waals surface area contributed by atoms with E-state index in [1.807, 2.05) is 6.07 Å². The number of nitrogens with one attached hydrogen (secondary N) is 1. The molecule has 3 nitrogen and oxygen atoms in total. The Morgan fingerprint density at radius 1 is 1.44 bits per heavy atom. The summed E-state index contributed by atoms with van der Waals surface area (Å²) in [6, 6.07) is 4.85. The summed E-state index contributed by atoms with van der Waals surface area (Å²) in [5, 5.41) is 12.5. The fraction of sp³-hybridized carbons (Fsp3) is 0.167. The zero-order chi connectivity index (χ0) is 11.7. The molecule has 0 saturated heterocycles. The molecule has 0 aliphatic heterocycles. The Morgan fingerprint density at radius 2 is 2.19 bits per heavy atom. The van der Waals surface area contributed by atoms with E-state index in [-0.39, 0.29) is 5.82 Å². The highest BCUT2D eigenvalue weighted by Crippen LogP contribution is 2.27. The van der Waals surface area contributed by atoms with Gasteiger partial charge in [-0.15, -0.1) is 0 Å². The van der Waals surface area contributed by atoms with Crippen molar-refractivity contribution >= 4 is 16.6 Å². The lowest BCUT2D eigenvalue weighted by Crippen LogP contribution is -1.97. The van der Waals surface area contributed by atoms with Crippen LogP contribution in [-0.2, 0) is 0 Å². The van der Waals surface area contributed by atoms with Crippen molar-refractivity contribution in [3.63, 3.8) is 0 Å². The van der Waals surface area contributed by atoms with Gasteiger partial charge in [-0.05, 0) is 24.6 Å². The number of benzene rings is 1. The Balaban J connectivity index is 2.93. The molecule has 1 aromatic heterocycles. The highest BCUT2D eigenvalue weighted by molar-refractivity contribution is 5.95. The monoisotopic (exact) mass is 215 g/mol. The molecule has 1 heterocycles. The molecule has 0 spiro atoms. The number of aromatic nitrogens is 1. The fourth-order valence-electron chi connectivity index (χ4n) is 1.79. The lowest BCUT2D eigenvalue weighted by atomic mass is 10.1. The van der Waals surface area contributed by atoms with Gasteiger partial charge in [0.1, 0.15) is 11.9 Å². The normalized spacial score (nSPS) is 10.1. The van der Waals surface area contributed by atoms with Crippen LogP contribution in [0.5, 0.6) is 0 Å². The molecule has 0 aliphatic carbocycles. The first-order valence-corrected chi connectivity index (χ1v) is 4.84. The lowest BCUT2D eigenvalue weighted by Gasteiger charge is -2.09. The third kappa shape index (κ3) is 1.47. The van der Waals surface area contributed by atoms with Crippen molar-refractivity contribution in [1.82, 2.24) is 4.98 Å². The summed E-state index contributed by atoms with van der Waals surface area (Å²) >= 11 is 0. The number of rotatable bonds is 1. The van der Waals surface area contributed by atoms with E-state index >= 15 is 0 Å². The quantitative estimate of drug-likeness (QED) is 0.795. The van der Waals surface area contributed by atoms with Crippen LogP contribution in [0.25, 0.3) is 10.9 Å². The van der Waals surface area contributed by atoms with E-state index < -0.39 is 0 Å². The molecule has 0 fully saturated rings. The molecule has 0 saturated carbocycles. The van der Waals surface area contributed by atoms with Gasteiger partial charge in [0.05, 0.1) is 16.8 Å². The van der Waals surface area contributed by atoms with Crippen LogP contribution in [0.2, 0.25) is 0 Å². The van der Waals surface area contributed by atoms with Crippen LogP contribution in [0.1, 0.15) is 11.1 Å². The topological polar surface area (TPSA) is 48.7 Å². The molecule has 0 aliphatic rings. The Bertz CT molecular complexity index is 599. The Labute approximate surface area is 92.5 Å². The van der Waals surface area contributed by atoms with Crippen LogP contribution in [0.4, 0.5) is 10.1 Å². The molecule has 2 aromatic rings. The molecule has 80 valence electrons. The summed E-state index contributed by atoms with van der Waals surface area (Å²) in [5.74, 6) is -0.321. The third-order valence-corrected chi connectivity index (χ3v) is 2.50. The minimum absolute atomic E-state index is 0.321. The second-order valence-corrected chi connectivity index (χ2v) is 3.53. The second-order valence-electron chi connectivity index (χ2n) is 3.53. The van der Waals surface area contributed by atoms with E-state index in [1.165, 1.54) is 18.3 Å². The zero-order valence-electron chi connectivity index (χ0n) is 9.00. The van der Waals surface area contributed by atoms with Crippen LogP contribution in [0.15, 0.2) is 18.3 Å². The standard InChI is InChI=1S/C12H10FN3/c1-7-3-9(13)4-10-11(7)16-6-8(5-14)12(10)15-2/h3-4,6H,1-2H3,(H,15,16). The van der Waals surface area contributed by atoms with Crippen molar-refractivity contribution in [2.24, 2.45) is 0 Å². The summed E-state index contributed by atoms with van der Waals surface area (Å²) in [7, 11) is 1.70. The minimum atomic E-state index is -0.321. The Morgan fingerprint density at radius 3 is 2.81 bits per heavy atom. The molecule has 16 heavy (non-hydrogen) atoms. The van der Waals surface area contributed by atoms with Gasteiger partial charge in [0.15, 0.2) is 0 Å². The van der Waals surface area contributed by atoms with Crippen molar-refractivity contribution in [3.8, 4) is 6.07 Å². The summed E-state index contributed by atoms with van der Waals surface area (Å²) in [6.45, 7) is 1.80. The zero-order valence-corrected chi connectivity index (χ0v) is 9.00. The van der Waals surface area contributed by atoms with Crippen LogP contribution in [-0.4, -0.2) is 12.0 Å². The van der Waals surface area contributed by atoms with E-state index in [9.17, 15) is 4.39 Å². The molecule has 0 radical (unpaired) electrons. The molecule has 4 heteroatoms. The molecule has 1 N–H and O–H groups in total. The van der Waals surface area contributed by atoms with Crippen molar-refractivity contribution < 1.29 is 4.39 Å². The first kappa shape index (κ1) is 10.4. The molecule has 0 bridgehead atoms. The van der Waals surface area contributed by atoms with Gasteiger partial charge in [-0.2, -0.15) is 5.26 Å². The summed E-state index contributed by atoms with van der Waals surface area (Å²) in [5.41, 5.74) is 2.51. The van der Waals surface area contributed by atoms with E-state index in [4.69, 9.17) is 5.26 Å². The highest BCUT2D eigenvalue weighted by atomic mass is 19.1. The average molecular weight is 215 g/mol. The summed E-state index contributed by atoms with van der Waals surface area (Å²) < 4.78 is 13.3. The van der Waals surface area contributed by atoms with Gasteiger partial charge < -0.3 is 5.32 Å². The third-order valence-electron chi connectivity index (χ3n) is 2.50. The van der Waals surface area contributed by atoms with Gasteiger partial charge in [-0.1, -0.05) is 0 Å². The molecule has 1 aromatic carbocycles. The van der Waals surface area contributed by atoms with Crippen molar-refractivity contribution in [2.75, 3.05) is 12.4 Å². The van der Waals surface area contributed by atoms with Crippen molar-refractivity contribution in [1.29, 1.82) is 5.26 Å². The number of aryl methyl sites for hydroxylation is 1. The van der Waals surface area contributed by atoms with Gasteiger partial charge in [0.2, 0.25) is 0 Å². The van der Waals surface area contributed by atoms with Crippen LogP contribution in [0, 0.1) is 24.1 Å². The number of hydrogen-bond acceptors (Lipinski definition) is 3. The number of hydrogen-bond donors (Lipinski definition) is 1. The van der Waals surface area contributed by atoms with E-state index in [0.717, 1.165) is 5.56 Å². The Kier molecular flexibility index (Phi) is 2.45. The smallest absolute Gasteiger partial charge is 0.124 e. The number of nitrogens with zero attached hydrogens (tertiary/aromatic N) is 2. The number of pyridine rings is 1. The van der Waals surface area contributed by atoms with Gasteiger partial charge in [-0.3, -0.25) is 4.98 Å². The number of anilines is 1. The van der Waals surface area contributed by atoms with Crippen LogP contribution in [0.3, 0.4) is 0 Å². The molecular weight excluding hydrogens is 205 g/mol. The first-order valence-electron chi connectivity index (χ1n) is 4.84. The SMILES string of the molecule is CNc1c(C#N)cnc2c(C)cc(F)cc12. The molecule has 0 amide bonds. The van der Waals surface area contributed by atoms with E-state index in [1.54, 1.807) is 14.0 Å². The summed E-state index contributed by atoms with van der Waals surface area (Å²) in [6.07, 6.45) is 1.50. The van der Waals surface area contributed by atoms with Gasteiger partial charge >= 0.3 is 0 Å². The van der Waals surface area contributed by atoms with Gasteiger partial charge in [-0.25, -0.2) is 4.39 Å². The predicted molar refractivity (Wildman–Crippen MR) is 60.7 cm³/mol. The van der Waals surface area contributed by atoms with E-state index in [0.29, 0.717) is 22.2 Å². The summed E-state index contributed by atoms with van der Waals surface area (Å²) in [4.78, 5) is 4.17. The van der Waals surface area contributed by atoms with Crippen LogP contribution < -0.4 is 5.32 Å². The largest absolute Gasteiger partial charge is 0.386 e. The fourth-order valence-corrected chi connectivity index (χ4v) is 1.79. The first-order chi connectivity index (χ1) is 7.67. The van der Waals surface area contributed by atoms with Crippen molar-refractivity contribution in [3.05, 3.63) is 35.3 Å². The highest BCUT2D eigenvalue weighted by Gasteiger charge is 2.10. The maximum atomic E-state index is 13.3. The number of halogens is 1. The maximum absolute atomic E-state index is 13.3. The van der Waals surface area contributed by atoms with Crippen LogP contribution >= 0.6 is 0 Å². The van der Waals surface area contributed by atoms with Gasteiger partial charge in [0.25, 0.3) is 0 Å². The molecule has 2 rings (SSSR count). The lowest BCUT2D eigenvalue weighted by molar-refractivity contribution is 0.628. The van der Waals surface area contributed by atoms with Crippen molar-refractivity contribution in [2.45, 2.75) is 6.92 Å². The number of fused-ring (bicyclic) bond motifs is 1. The minimum Gasteiger partial charge on any atom is -0.386 e. The van der Waals surface area contributed by atoms with E-state index in [2.05, 4.69) is 10.3 Å². The molecule has 0 atom stereocenters. The molecular formula is C12H10FN3.